The van der Waals surface area contributed by atoms with Crippen molar-refractivity contribution in [3.8, 4) is 0 Å². The molecule has 0 radical (unpaired) electrons. The van der Waals surface area contributed by atoms with Gasteiger partial charge in [-0.05, 0) is 19.3 Å². The first kappa shape index (κ1) is 17.5. The minimum atomic E-state index is -0.506. The van der Waals surface area contributed by atoms with Gasteiger partial charge in [0.05, 0.1) is 25.3 Å². The molecule has 1 unspecified atom stereocenters. The van der Waals surface area contributed by atoms with Gasteiger partial charge in [-0.25, -0.2) is 0 Å². The quantitative estimate of drug-likeness (QED) is 0.841. The van der Waals surface area contributed by atoms with E-state index in [-0.39, 0.29) is 18.2 Å². The number of morpholine rings is 1. The average Bonchev–Trinajstić information content (AvgIpc) is 2.91. The summed E-state index contributed by atoms with van der Waals surface area (Å²) in [5, 5.41) is 6.66. The molecule has 2 heterocycles. The topological polar surface area (TPSA) is 84.7 Å². The molecule has 0 bridgehead atoms. The molecule has 0 aromatic carbocycles. The highest BCUT2D eigenvalue weighted by Crippen LogP contribution is 2.10. The van der Waals surface area contributed by atoms with Crippen molar-refractivity contribution in [2.24, 2.45) is 5.92 Å². The first-order valence-corrected chi connectivity index (χ1v) is 8.03. The van der Waals surface area contributed by atoms with Crippen molar-refractivity contribution in [1.82, 2.24) is 15.4 Å². The Morgan fingerprint density at radius 3 is 2.61 bits per heavy atom. The second-order valence-corrected chi connectivity index (χ2v) is 6.29. The molecule has 128 valence electrons. The summed E-state index contributed by atoms with van der Waals surface area (Å²) < 4.78 is 10.2. The van der Waals surface area contributed by atoms with E-state index in [4.69, 9.17) is 9.26 Å². The Morgan fingerprint density at radius 1 is 1.35 bits per heavy atom. The smallest absolute Gasteiger partial charge is 0.245 e. The molecule has 1 fully saturated rings. The van der Waals surface area contributed by atoms with Gasteiger partial charge in [0.15, 0.2) is 0 Å². The van der Waals surface area contributed by atoms with Crippen LogP contribution in [-0.2, 0) is 20.7 Å². The Morgan fingerprint density at radius 2 is 2.04 bits per heavy atom. The number of nitrogens with zero attached hydrogens (tertiary/aromatic N) is 2. The predicted molar refractivity (Wildman–Crippen MR) is 83.7 cm³/mol. The zero-order chi connectivity index (χ0) is 16.8. The average molecular weight is 323 g/mol. The van der Waals surface area contributed by atoms with Gasteiger partial charge in [-0.1, -0.05) is 19.0 Å². The molecule has 1 aliphatic rings. The van der Waals surface area contributed by atoms with Crippen LogP contribution >= 0.6 is 0 Å². The fourth-order valence-corrected chi connectivity index (χ4v) is 2.61. The van der Waals surface area contributed by atoms with Gasteiger partial charge in [0.1, 0.15) is 11.8 Å². The van der Waals surface area contributed by atoms with E-state index >= 15 is 0 Å². The first-order valence-electron chi connectivity index (χ1n) is 8.03. The standard InChI is InChI=1S/C16H25N3O4/c1-11(2)8-14(16(21)19-4-6-22-7-5-19)17-15(20)10-13-9-12(3)23-18-13/h9,11,14H,4-8,10H2,1-3H3,(H,17,20). The minimum absolute atomic E-state index is 0.0355. The number of carbonyl (C=O) groups excluding carboxylic acids is 2. The molecule has 7 nitrogen and oxygen atoms in total. The Hall–Kier alpha value is -1.89. The summed E-state index contributed by atoms with van der Waals surface area (Å²) in [4.78, 5) is 26.6. The SMILES string of the molecule is Cc1cc(CC(=O)NC(CC(C)C)C(=O)N2CCOCC2)no1. The number of rotatable bonds is 6. The number of carbonyl (C=O) groups is 2. The lowest BCUT2D eigenvalue weighted by atomic mass is 10.0. The fourth-order valence-electron chi connectivity index (χ4n) is 2.61. The maximum Gasteiger partial charge on any atom is 0.245 e. The molecule has 2 amide bonds. The zero-order valence-corrected chi connectivity index (χ0v) is 14.0. The van der Waals surface area contributed by atoms with Crippen LogP contribution in [0.15, 0.2) is 10.6 Å². The monoisotopic (exact) mass is 323 g/mol. The third-order valence-electron chi connectivity index (χ3n) is 3.68. The Labute approximate surface area is 136 Å². The molecular formula is C16H25N3O4. The van der Waals surface area contributed by atoms with Crippen LogP contribution in [0.3, 0.4) is 0 Å². The molecule has 23 heavy (non-hydrogen) atoms. The molecule has 1 aliphatic heterocycles. The first-order chi connectivity index (χ1) is 11.0. The van der Waals surface area contributed by atoms with Gasteiger partial charge in [-0.2, -0.15) is 0 Å². The van der Waals surface area contributed by atoms with E-state index in [1.807, 2.05) is 13.8 Å². The lowest BCUT2D eigenvalue weighted by molar-refractivity contribution is -0.140. The fraction of sp³-hybridized carbons (Fsp3) is 0.688. The highest BCUT2D eigenvalue weighted by molar-refractivity contribution is 5.88. The van der Waals surface area contributed by atoms with Crippen molar-refractivity contribution in [3.63, 3.8) is 0 Å². The highest BCUT2D eigenvalue weighted by Gasteiger charge is 2.28. The molecule has 7 heteroatoms. The highest BCUT2D eigenvalue weighted by atomic mass is 16.5. The summed E-state index contributed by atoms with van der Waals surface area (Å²) in [6.45, 7) is 8.09. The number of aryl methyl sites for hydroxylation is 1. The van der Waals surface area contributed by atoms with Crippen molar-refractivity contribution in [2.75, 3.05) is 26.3 Å². The van der Waals surface area contributed by atoms with Crippen LogP contribution in [0.4, 0.5) is 0 Å². The Bertz CT molecular complexity index is 535. The normalized spacial score (nSPS) is 16.4. The third kappa shape index (κ3) is 5.35. The molecule has 1 aromatic rings. The largest absolute Gasteiger partial charge is 0.378 e. The van der Waals surface area contributed by atoms with E-state index in [0.717, 1.165) is 0 Å². The molecule has 1 N–H and O–H groups in total. The maximum absolute atomic E-state index is 12.6. The number of ether oxygens (including phenoxy) is 1. The molecular weight excluding hydrogens is 298 g/mol. The van der Waals surface area contributed by atoms with Crippen LogP contribution in [0.5, 0.6) is 0 Å². The van der Waals surface area contributed by atoms with Crippen LogP contribution in [0.2, 0.25) is 0 Å². The maximum atomic E-state index is 12.6. The lowest BCUT2D eigenvalue weighted by Crippen LogP contribution is -2.52. The molecule has 1 saturated heterocycles. The molecule has 1 atom stereocenters. The van der Waals surface area contributed by atoms with E-state index in [9.17, 15) is 9.59 Å². The Balaban J connectivity index is 1.96. The number of hydrogen-bond acceptors (Lipinski definition) is 5. The van der Waals surface area contributed by atoms with Crippen molar-refractivity contribution >= 4 is 11.8 Å². The second kappa shape index (κ2) is 8.10. The van der Waals surface area contributed by atoms with Crippen molar-refractivity contribution in [2.45, 2.75) is 39.7 Å². The van der Waals surface area contributed by atoms with Crippen LogP contribution in [-0.4, -0.2) is 54.2 Å². The molecule has 2 rings (SSSR count). The van der Waals surface area contributed by atoms with Crippen LogP contribution in [0.25, 0.3) is 0 Å². The van der Waals surface area contributed by atoms with Crippen LogP contribution in [0, 0.1) is 12.8 Å². The molecule has 0 saturated carbocycles. The lowest BCUT2D eigenvalue weighted by Gasteiger charge is -2.31. The number of hydrogen-bond donors (Lipinski definition) is 1. The summed E-state index contributed by atoms with van der Waals surface area (Å²) >= 11 is 0. The van der Waals surface area contributed by atoms with Gasteiger partial charge in [-0.3, -0.25) is 9.59 Å². The third-order valence-corrected chi connectivity index (χ3v) is 3.68. The molecule has 1 aromatic heterocycles. The van der Waals surface area contributed by atoms with Gasteiger partial charge in [0.25, 0.3) is 0 Å². The predicted octanol–water partition coefficient (Wildman–Crippen LogP) is 0.915. The van der Waals surface area contributed by atoms with Gasteiger partial charge in [0, 0.05) is 19.2 Å². The second-order valence-electron chi connectivity index (χ2n) is 6.29. The van der Waals surface area contributed by atoms with Crippen molar-refractivity contribution in [3.05, 3.63) is 17.5 Å². The van der Waals surface area contributed by atoms with E-state index in [1.54, 1.807) is 17.9 Å². The van der Waals surface area contributed by atoms with Crippen molar-refractivity contribution < 1.29 is 18.8 Å². The summed E-state index contributed by atoms with van der Waals surface area (Å²) in [5.74, 6) is 0.716. The summed E-state index contributed by atoms with van der Waals surface area (Å²) in [6.07, 6.45) is 0.724. The Kier molecular flexibility index (Phi) is 6.15. The van der Waals surface area contributed by atoms with Crippen LogP contribution in [0.1, 0.15) is 31.7 Å². The summed E-state index contributed by atoms with van der Waals surface area (Å²) in [5.41, 5.74) is 0.571. The van der Waals surface area contributed by atoms with Crippen molar-refractivity contribution in [1.29, 1.82) is 0 Å². The van der Waals surface area contributed by atoms with Gasteiger partial charge in [-0.15, -0.1) is 0 Å². The van der Waals surface area contributed by atoms with Gasteiger partial charge in [0.2, 0.25) is 11.8 Å². The number of nitrogens with one attached hydrogen (secondary N) is 1. The van der Waals surface area contributed by atoms with E-state index < -0.39 is 6.04 Å². The van der Waals surface area contributed by atoms with Crippen LogP contribution < -0.4 is 5.32 Å². The van der Waals surface area contributed by atoms with E-state index in [2.05, 4.69) is 10.5 Å². The molecule has 0 aliphatic carbocycles. The number of aromatic nitrogens is 1. The molecule has 0 spiro atoms. The number of amides is 2. The zero-order valence-electron chi connectivity index (χ0n) is 14.0. The van der Waals surface area contributed by atoms with E-state index in [0.29, 0.717) is 50.1 Å². The minimum Gasteiger partial charge on any atom is -0.378 e. The van der Waals surface area contributed by atoms with Gasteiger partial charge >= 0.3 is 0 Å². The summed E-state index contributed by atoms with van der Waals surface area (Å²) in [6, 6.07) is 1.22. The van der Waals surface area contributed by atoms with E-state index in [1.165, 1.54) is 0 Å². The summed E-state index contributed by atoms with van der Waals surface area (Å²) in [7, 11) is 0. The van der Waals surface area contributed by atoms with Gasteiger partial charge < -0.3 is 19.5 Å².